The Morgan fingerprint density at radius 3 is 1.09 bits per heavy atom. The molecule has 3 aromatic rings. The molecule has 0 aliphatic heterocycles. The van der Waals surface area contributed by atoms with E-state index in [1.165, 1.54) is 31.1 Å². The molecule has 0 spiro atoms. The van der Waals surface area contributed by atoms with Gasteiger partial charge in [0.2, 0.25) is 17.5 Å². The molecule has 3 rings (SSSR count). The normalized spacial score (nSPS) is 13.2. The van der Waals surface area contributed by atoms with Crippen LogP contribution >= 0.6 is 23.4 Å². The molecule has 1 N–H and O–H groups in total. The van der Waals surface area contributed by atoms with E-state index < -0.39 is 42.1 Å². The van der Waals surface area contributed by atoms with Crippen LogP contribution in [0.3, 0.4) is 0 Å². The summed E-state index contributed by atoms with van der Waals surface area (Å²) < 4.78 is 108. The van der Waals surface area contributed by atoms with Gasteiger partial charge in [-0.3, -0.25) is 4.70 Å². The maximum absolute atomic E-state index is 12.1. The third-order valence-electron chi connectivity index (χ3n) is 4.54. The van der Waals surface area contributed by atoms with E-state index in [0.717, 1.165) is 24.8 Å². The first-order valence-corrected chi connectivity index (χ1v) is 12.5. The fourth-order valence-corrected chi connectivity index (χ4v) is 2.73. The van der Waals surface area contributed by atoms with Gasteiger partial charge in [0.15, 0.2) is 0 Å². The van der Waals surface area contributed by atoms with Crippen LogP contribution in [0, 0.1) is 0 Å². The number of aromatic nitrogens is 6. The van der Waals surface area contributed by atoms with Gasteiger partial charge in [-0.25, -0.2) is 29.9 Å². The number of aliphatic hydroxyl groups excluding tert-OH is 1. The molecule has 0 aliphatic rings. The van der Waals surface area contributed by atoms with E-state index >= 15 is 0 Å². The highest BCUT2D eigenvalue weighted by atomic mass is 35.5. The van der Waals surface area contributed by atoms with Crippen LogP contribution in [-0.4, -0.2) is 49.7 Å². The van der Waals surface area contributed by atoms with Crippen molar-refractivity contribution in [3.05, 3.63) is 71.3 Å². The van der Waals surface area contributed by atoms with Crippen molar-refractivity contribution < 1.29 is 49.3 Å². The molecular formula is C23H27BClF10N6OS. The molecule has 7 nitrogen and oxygen atoms in total. The van der Waals surface area contributed by atoms with Crippen molar-refractivity contribution in [2.45, 2.75) is 63.5 Å². The maximum atomic E-state index is 12.1. The van der Waals surface area contributed by atoms with Crippen molar-refractivity contribution in [3.8, 4) is 0 Å². The Kier molecular flexibility index (Phi) is 19.5. The summed E-state index contributed by atoms with van der Waals surface area (Å²) in [7, 11) is 0. The van der Waals surface area contributed by atoms with Crippen LogP contribution in [-0.2, 0) is 18.5 Å². The molecule has 0 saturated carbocycles. The molecule has 0 bridgehead atoms. The monoisotopic (exact) mass is 671 g/mol. The highest BCUT2D eigenvalue weighted by Gasteiger charge is 2.35. The number of alkyl halides is 10. The molecule has 3 aromatic heterocycles. The summed E-state index contributed by atoms with van der Waals surface area (Å²) in [6, 6.07) is 0. The number of hydrogen-bond donors (Lipinski definition) is 1. The molecule has 241 valence electrons. The molecule has 3 unspecified atom stereocenters. The van der Waals surface area contributed by atoms with Crippen LogP contribution in [0.2, 0.25) is 0 Å². The molecule has 0 amide bonds. The van der Waals surface area contributed by atoms with Crippen molar-refractivity contribution in [1.29, 1.82) is 0 Å². The summed E-state index contributed by atoms with van der Waals surface area (Å²) in [6.45, 7) is 4.94. The Morgan fingerprint density at radius 1 is 0.628 bits per heavy atom. The lowest BCUT2D eigenvalue weighted by Gasteiger charge is -2.08. The summed E-state index contributed by atoms with van der Waals surface area (Å²) in [5.74, 6) is -3.43. The second-order valence-electron chi connectivity index (χ2n) is 7.68. The second kappa shape index (κ2) is 18.8. The highest BCUT2D eigenvalue weighted by Crippen LogP contribution is 2.29. The van der Waals surface area contributed by atoms with Crippen molar-refractivity contribution in [1.82, 2.24) is 29.9 Å². The summed E-state index contributed by atoms with van der Waals surface area (Å²) in [6.07, 6.45) is -5.95. The summed E-state index contributed by atoms with van der Waals surface area (Å²) in [4.78, 5) is 19.0. The van der Waals surface area contributed by atoms with Crippen LogP contribution in [0.1, 0.15) is 79.1 Å². The average molecular weight is 672 g/mol. The van der Waals surface area contributed by atoms with E-state index in [0.29, 0.717) is 11.1 Å². The Morgan fingerprint density at radius 2 is 0.884 bits per heavy atom. The topological polar surface area (TPSA) is 97.6 Å². The van der Waals surface area contributed by atoms with Gasteiger partial charge >= 0.3 is 18.5 Å². The molecule has 3 radical (unpaired) electrons. The van der Waals surface area contributed by atoms with Gasteiger partial charge < -0.3 is 5.11 Å². The zero-order valence-electron chi connectivity index (χ0n) is 22.0. The zero-order valence-corrected chi connectivity index (χ0v) is 23.6. The van der Waals surface area contributed by atoms with Gasteiger partial charge in [0, 0.05) is 67.5 Å². The third kappa shape index (κ3) is 15.5. The first-order chi connectivity index (χ1) is 18.3. The first kappa shape index (κ1) is 44.6. The van der Waals surface area contributed by atoms with Crippen LogP contribution in [0.5, 0.6) is 0 Å². The summed E-state index contributed by atoms with van der Waals surface area (Å²) in [5.41, 5.74) is 1.42. The summed E-state index contributed by atoms with van der Waals surface area (Å²) >= 11 is 7.14. The average Bonchev–Trinajstić information content (AvgIpc) is 2.87. The van der Waals surface area contributed by atoms with Gasteiger partial charge in [0.05, 0.1) is 11.5 Å². The van der Waals surface area contributed by atoms with Crippen LogP contribution in [0.25, 0.3) is 0 Å². The molecule has 20 heteroatoms. The van der Waals surface area contributed by atoms with Crippen LogP contribution in [0.15, 0.2) is 37.2 Å². The molecule has 3 atom stereocenters. The maximum Gasteiger partial charge on any atom is 0.451 e. The van der Waals surface area contributed by atoms with Gasteiger partial charge in [0.1, 0.15) is 0 Å². The fraction of sp³-hybridized carbons (Fsp3) is 0.478. The van der Waals surface area contributed by atoms with Gasteiger partial charge in [-0.15, -0.1) is 11.6 Å². The largest absolute Gasteiger partial charge is 0.451 e. The van der Waals surface area contributed by atoms with Crippen molar-refractivity contribution in [3.63, 3.8) is 0 Å². The van der Waals surface area contributed by atoms with E-state index in [2.05, 4.69) is 29.9 Å². The minimum Gasteiger partial charge on any atom is -0.389 e. The molecule has 0 saturated heterocycles. The summed E-state index contributed by atoms with van der Waals surface area (Å²) in [5, 5.41) is 8.68. The van der Waals surface area contributed by atoms with Crippen molar-refractivity contribution in [2.24, 2.45) is 0 Å². The smallest absolute Gasteiger partial charge is 0.389 e. The van der Waals surface area contributed by atoms with Gasteiger partial charge in [-0.05, 0) is 27.0 Å². The second-order valence-corrected chi connectivity index (χ2v) is 9.52. The quantitative estimate of drug-likeness (QED) is 0.172. The van der Waals surface area contributed by atoms with E-state index in [1.807, 2.05) is 13.2 Å². The number of hydrogen-bond acceptors (Lipinski definition) is 8. The SMILES string of the molecule is C.CC(Cl)c1cnc(C(F)(F)F)nc1.CC(O)c1cnc(C(F)(F)F)nc1.CSC(C)c1cnc(C(F)(F)F)nc1.F.[B]. The predicted octanol–water partition coefficient (Wildman–Crippen LogP) is 7.67. The molecule has 0 aromatic carbocycles. The number of halogens is 11. The lowest BCUT2D eigenvalue weighted by Crippen LogP contribution is -2.11. The van der Waals surface area contributed by atoms with E-state index in [1.54, 1.807) is 6.92 Å². The Bertz CT molecular complexity index is 1110. The molecule has 3 heterocycles. The highest BCUT2D eigenvalue weighted by molar-refractivity contribution is 7.98. The van der Waals surface area contributed by atoms with E-state index in [-0.39, 0.29) is 36.7 Å². The van der Waals surface area contributed by atoms with E-state index in [9.17, 15) is 39.5 Å². The Hall–Kier alpha value is -2.80. The van der Waals surface area contributed by atoms with Crippen molar-refractivity contribution in [2.75, 3.05) is 6.26 Å². The lowest BCUT2D eigenvalue weighted by molar-refractivity contribution is -0.145. The fourth-order valence-electron chi connectivity index (χ4n) is 2.22. The molecule has 43 heavy (non-hydrogen) atoms. The van der Waals surface area contributed by atoms with Crippen LogP contribution < -0.4 is 0 Å². The Labute approximate surface area is 252 Å². The third-order valence-corrected chi connectivity index (χ3v) is 5.77. The minimum atomic E-state index is -4.53. The minimum absolute atomic E-state index is 0. The van der Waals surface area contributed by atoms with Gasteiger partial charge in [0.25, 0.3) is 0 Å². The predicted molar refractivity (Wildman–Crippen MR) is 143 cm³/mol. The number of nitrogens with zero attached hydrogens (tertiary/aromatic N) is 6. The Balaban J connectivity index is -0.000000540. The number of rotatable bonds is 4. The zero-order chi connectivity index (χ0) is 30.9. The number of aliphatic hydroxyl groups is 1. The van der Waals surface area contributed by atoms with Crippen LogP contribution in [0.4, 0.5) is 44.2 Å². The lowest BCUT2D eigenvalue weighted by atomic mass is 10.2. The van der Waals surface area contributed by atoms with Crippen molar-refractivity contribution >= 4 is 31.8 Å². The van der Waals surface area contributed by atoms with Gasteiger partial charge in [-0.1, -0.05) is 7.43 Å². The molecule has 0 aliphatic carbocycles. The van der Waals surface area contributed by atoms with E-state index in [4.69, 9.17) is 16.7 Å². The molecular weight excluding hydrogens is 645 g/mol. The molecule has 0 fully saturated rings. The first-order valence-electron chi connectivity index (χ1n) is 10.8. The van der Waals surface area contributed by atoms with Gasteiger partial charge in [-0.2, -0.15) is 51.3 Å². The standard InChI is InChI=1S/C8H9F3N2S.C7H6ClF3N2.C7H7F3N2O.CH4.B.FH/c1-5(14-2)6-3-12-7(13-4-6)8(9,10)11;1-4(8)5-2-12-6(13-3-5)7(9,10)11;1-4(13)5-2-11-6(12-3-5)7(8,9)10;;;/h3-5H,1-2H3;2-4H,1H3;2-4,13H,1H3;1H4;;1H. The number of thioether (sulfide) groups is 1.